The number of hydrogen-bond acceptors (Lipinski definition) is 3. The van der Waals surface area contributed by atoms with Crippen molar-refractivity contribution in [3.8, 4) is 5.75 Å². The van der Waals surface area contributed by atoms with Crippen LogP contribution >= 0.6 is 38.2 Å². The van der Waals surface area contributed by atoms with Crippen molar-refractivity contribution in [2.45, 2.75) is 18.2 Å². The van der Waals surface area contributed by atoms with Gasteiger partial charge in [0.15, 0.2) is 5.75 Å². The Balaban J connectivity index is 3.33. The summed E-state index contributed by atoms with van der Waals surface area (Å²) in [4.78, 5) is -0.123. The quantitative estimate of drug-likeness (QED) is 0.777. The Morgan fingerprint density at radius 3 is 2.56 bits per heavy atom. The highest BCUT2D eigenvalue weighted by atomic mass is 79.9. The van der Waals surface area contributed by atoms with E-state index in [1.165, 1.54) is 6.07 Å². The van der Waals surface area contributed by atoms with E-state index in [2.05, 4.69) is 15.9 Å². The first-order valence-corrected chi connectivity index (χ1v) is 7.90. The summed E-state index contributed by atoms with van der Waals surface area (Å²) < 4.78 is 28.5. The zero-order chi connectivity index (χ0) is 12.3. The molecule has 0 unspecified atom stereocenters. The van der Waals surface area contributed by atoms with Gasteiger partial charge in [-0.25, -0.2) is 8.42 Å². The molecule has 0 spiro atoms. The van der Waals surface area contributed by atoms with Crippen molar-refractivity contribution in [3.63, 3.8) is 0 Å². The molecule has 7 heteroatoms. The van der Waals surface area contributed by atoms with Crippen LogP contribution in [0, 0.1) is 0 Å². The maximum absolute atomic E-state index is 11.3. The lowest BCUT2D eigenvalue weighted by Crippen LogP contribution is -2.02. The normalized spacial score (nSPS) is 11.5. The number of halogens is 3. The molecule has 0 saturated heterocycles. The number of benzene rings is 1. The third-order valence-corrected chi connectivity index (χ3v) is 3.75. The predicted molar refractivity (Wildman–Crippen MR) is 68.0 cm³/mol. The lowest BCUT2D eigenvalue weighted by Gasteiger charge is -2.11. The Hall–Kier alpha value is 0.0300. The molecule has 90 valence electrons. The average Bonchev–Trinajstić information content (AvgIpc) is 2.14. The molecule has 1 aromatic carbocycles. The first kappa shape index (κ1) is 14.1. The second-order valence-corrected chi connectivity index (χ2v) is 6.86. The SMILES string of the molecule is CCCOc1c(Cl)cc(Br)cc1S(=O)(=O)Cl. The predicted octanol–water partition coefficient (Wildman–Crippen LogP) is 3.82. The minimum absolute atomic E-state index is 0.0988. The summed E-state index contributed by atoms with van der Waals surface area (Å²) in [5.74, 6) is 0.0988. The number of hydrogen-bond donors (Lipinski definition) is 0. The molecular formula is C9H9BrCl2O3S. The fraction of sp³-hybridized carbons (Fsp3) is 0.333. The van der Waals surface area contributed by atoms with E-state index in [0.717, 1.165) is 6.42 Å². The summed E-state index contributed by atoms with van der Waals surface area (Å²) in [5.41, 5.74) is 0. The Morgan fingerprint density at radius 1 is 1.44 bits per heavy atom. The molecule has 0 aliphatic rings. The first-order valence-electron chi connectivity index (χ1n) is 4.42. The van der Waals surface area contributed by atoms with Gasteiger partial charge in [0.25, 0.3) is 9.05 Å². The molecule has 16 heavy (non-hydrogen) atoms. The summed E-state index contributed by atoms with van der Waals surface area (Å²) in [6, 6.07) is 2.91. The molecule has 0 N–H and O–H groups in total. The second kappa shape index (κ2) is 5.58. The molecule has 0 amide bonds. The Labute approximate surface area is 112 Å². The van der Waals surface area contributed by atoms with Crippen molar-refractivity contribution in [2.75, 3.05) is 6.61 Å². The zero-order valence-corrected chi connectivity index (χ0v) is 12.3. The lowest BCUT2D eigenvalue weighted by atomic mass is 10.3. The van der Waals surface area contributed by atoms with Crippen molar-refractivity contribution in [1.29, 1.82) is 0 Å². The molecule has 0 heterocycles. The molecule has 0 aromatic heterocycles. The maximum Gasteiger partial charge on any atom is 0.265 e. The van der Waals surface area contributed by atoms with Crippen LogP contribution in [-0.4, -0.2) is 15.0 Å². The van der Waals surface area contributed by atoms with Crippen LogP contribution in [0.4, 0.5) is 0 Å². The van der Waals surface area contributed by atoms with Crippen LogP contribution < -0.4 is 4.74 Å². The molecule has 0 atom stereocenters. The van der Waals surface area contributed by atoms with Crippen molar-refractivity contribution in [2.24, 2.45) is 0 Å². The minimum Gasteiger partial charge on any atom is -0.491 e. The van der Waals surface area contributed by atoms with Gasteiger partial charge in [-0.1, -0.05) is 34.5 Å². The van der Waals surface area contributed by atoms with E-state index in [4.69, 9.17) is 27.0 Å². The average molecular weight is 348 g/mol. The molecule has 0 bridgehead atoms. The molecule has 1 rings (SSSR count). The van der Waals surface area contributed by atoms with Gasteiger partial charge in [0.05, 0.1) is 11.6 Å². The van der Waals surface area contributed by atoms with E-state index in [1.807, 2.05) is 6.92 Å². The Kier molecular flexibility index (Phi) is 4.91. The van der Waals surface area contributed by atoms with E-state index in [9.17, 15) is 8.42 Å². The minimum atomic E-state index is -3.88. The summed E-state index contributed by atoms with van der Waals surface area (Å²) in [6.45, 7) is 2.28. The van der Waals surface area contributed by atoms with Gasteiger partial charge in [-0.3, -0.25) is 0 Å². The molecule has 0 saturated carbocycles. The topological polar surface area (TPSA) is 43.4 Å². The molecule has 1 aromatic rings. The summed E-state index contributed by atoms with van der Waals surface area (Å²) in [5, 5.41) is 0.210. The fourth-order valence-electron chi connectivity index (χ4n) is 1.06. The molecule has 0 aliphatic carbocycles. The van der Waals surface area contributed by atoms with Gasteiger partial charge in [-0.2, -0.15) is 0 Å². The highest BCUT2D eigenvalue weighted by molar-refractivity contribution is 9.10. The summed E-state index contributed by atoms with van der Waals surface area (Å²) in [7, 11) is 1.42. The molecule has 3 nitrogen and oxygen atoms in total. The highest BCUT2D eigenvalue weighted by Crippen LogP contribution is 2.37. The van der Waals surface area contributed by atoms with E-state index in [0.29, 0.717) is 11.1 Å². The van der Waals surface area contributed by atoms with Crippen LogP contribution in [0.5, 0.6) is 5.75 Å². The monoisotopic (exact) mass is 346 g/mol. The third-order valence-electron chi connectivity index (χ3n) is 1.69. The van der Waals surface area contributed by atoms with Gasteiger partial charge in [0.2, 0.25) is 0 Å². The highest BCUT2D eigenvalue weighted by Gasteiger charge is 2.20. The van der Waals surface area contributed by atoms with Crippen LogP contribution in [-0.2, 0) is 9.05 Å². The van der Waals surface area contributed by atoms with Crippen molar-refractivity contribution < 1.29 is 13.2 Å². The van der Waals surface area contributed by atoms with Gasteiger partial charge in [-0.15, -0.1) is 0 Å². The zero-order valence-electron chi connectivity index (χ0n) is 8.34. The number of rotatable bonds is 4. The van der Waals surface area contributed by atoms with E-state index >= 15 is 0 Å². The van der Waals surface area contributed by atoms with E-state index < -0.39 is 9.05 Å². The maximum atomic E-state index is 11.3. The van der Waals surface area contributed by atoms with Gasteiger partial charge in [-0.05, 0) is 18.6 Å². The summed E-state index contributed by atoms with van der Waals surface area (Å²) >= 11 is 9.04. The van der Waals surface area contributed by atoms with Crippen LogP contribution in [0.25, 0.3) is 0 Å². The fourth-order valence-corrected chi connectivity index (χ4v) is 3.14. The lowest BCUT2D eigenvalue weighted by molar-refractivity contribution is 0.309. The number of ether oxygens (including phenoxy) is 1. The van der Waals surface area contributed by atoms with Gasteiger partial charge >= 0.3 is 0 Å². The largest absolute Gasteiger partial charge is 0.491 e. The smallest absolute Gasteiger partial charge is 0.265 e. The molecule has 0 radical (unpaired) electrons. The van der Waals surface area contributed by atoms with Crippen LogP contribution in [0.15, 0.2) is 21.5 Å². The van der Waals surface area contributed by atoms with Gasteiger partial charge in [0.1, 0.15) is 4.90 Å². The Morgan fingerprint density at radius 2 is 2.06 bits per heavy atom. The standard InChI is InChI=1S/C9H9BrCl2O3S/c1-2-3-15-9-7(11)4-6(10)5-8(9)16(12,13)14/h4-5H,2-3H2,1H3. The van der Waals surface area contributed by atoms with Crippen molar-refractivity contribution >= 4 is 47.3 Å². The molecule has 0 aliphatic heterocycles. The van der Waals surface area contributed by atoms with E-state index in [1.54, 1.807) is 6.07 Å². The molecule has 0 fully saturated rings. The van der Waals surface area contributed by atoms with Crippen LogP contribution in [0.3, 0.4) is 0 Å². The van der Waals surface area contributed by atoms with Crippen LogP contribution in [0.1, 0.15) is 13.3 Å². The Bertz CT molecular complexity index is 488. The van der Waals surface area contributed by atoms with Crippen molar-refractivity contribution in [1.82, 2.24) is 0 Å². The van der Waals surface area contributed by atoms with Crippen molar-refractivity contribution in [3.05, 3.63) is 21.6 Å². The third kappa shape index (κ3) is 3.52. The van der Waals surface area contributed by atoms with Crippen LogP contribution in [0.2, 0.25) is 5.02 Å². The first-order chi connectivity index (χ1) is 7.36. The van der Waals surface area contributed by atoms with Gasteiger partial charge < -0.3 is 4.74 Å². The van der Waals surface area contributed by atoms with E-state index in [-0.39, 0.29) is 15.7 Å². The molecular weight excluding hydrogens is 339 g/mol. The van der Waals surface area contributed by atoms with Gasteiger partial charge in [0, 0.05) is 15.2 Å². The second-order valence-electron chi connectivity index (χ2n) is 3.00. The summed E-state index contributed by atoms with van der Waals surface area (Å²) in [6.07, 6.45) is 0.744.